The molecule has 1 aromatic carbocycles. The fourth-order valence-corrected chi connectivity index (χ4v) is 2.74. The summed E-state index contributed by atoms with van der Waals surface area (Å²) in [5.74, 6) is 0.321. The number of hydrogen-bond acceptors (Lipinski definition) is 4. The average Bonchev–Trinajstić information content (AvgIpc) is 3.01. The minimum Gasteiger partial charge on any atom is -0.459 e. The van der Waals surface area contributed by atoms with Gasteiger partial charge >= 0.3 is 0 Å². The van der Waals surface area contributed by atoms with Gasteiger partial charge in [0.05, 0.1) is 19.5 Å². The molecule has 0 spiro atoms. The monoisotopic (exact) mass is 314 g/mol. The molecule has 1 amide bonds. The van der Waals surface area contributed by atoms with Gasteiger partial charge < -0.3 is 19.0 Å². The Labute approximate surface area is 136 Å². The molecule has 2 heterocycles. The van der Waals surface area contributed by atoms with Crippen LogP contribution < -0.4 is 4.90 Å². The molecular formula is C18H22N2O3. The van der Waals surface area contributed by atoms with Crippen molar-refractivity contribution in [3.05, 3.63) is 53.5 Å². The van der Waals surface area contributed by atoms with Crippen molar-refractivity contribution >= 4 is 11.6 Å². The molecule has 5 nitrogen and oxygen atoms in total. The maximum absolute atomic E-state index is 12.4. The lowest BCUT2D eigenvalue weighted by molar-refractivity contribution is 0.0752. The van der Waals surface area contributed by atoms with Crippen molar-refractivity contribution in [2.75, 3.05) is 38.3 Å². The van der Waals surface area contributed by atoms with Crippen molar-refractivity contribution in [1.29, 1.82) is 0 Å². The van der Waals surface area contributed by atoms with Crippen molar-refractivity contribution in [3.63, 3.8) is 0 Å². The van der Waals surface area contributed by atoms with Crippen LogP contribution in [0.3, 0.4) is 0 Å². The van der Waals surface area contributed by atoms with Crippen LogP contribution in [0.15, 0.2) is 41.0 Å². The minimum absolute atomic E-state index is 0.0928. The third-order valence-corrected chi connectivity index (χ3v) is 4.14. The number of amides is 1. The van der Waals surface area contributed by atoms with Crippen LogP contribution in [-0.4, -0.2) is 44.2 Å². The Morgan fingerprint density at radius 1 is 1.17 bits per heavy atom. The Morgan fingerprint density at radius 3 is 2.48 bits per heavy atom. The van der Waals surface area contributed by atoms with Crippen LogP contribution >= 0.6 is 0 Å². The van der Waals surface area contributed by atoms with E-state index in [1.165, 1.54) is 5.69 Å². The quantitative estimate of drug-likeness (QED) is 0.870. The van der Waals surface area contributed by atoms with Crippen molar-refractivity contribution in [3.8, 4) is 0 Å². The Morgan fingerprint density at radius 2 is 1.87 bits per heavy atom. The van der Waals surface area contributed by atoms with E-state index in [9.17, 15) is 4.79 Å². The van der Waals surface area contributed by atoms with Crippen molar-refractivity contribution in [1.82, 2.24) is 4.90 Å². The third kappa shape index (κ3) is 3.56. The summed E-state index contributed by atoms with van der Waals surface area (Å²) in [5, 5.41) is 0. The number of anilines is 1. The number of benzene rings is 1. The van der Waals surface area contributed by atoms with Gasteiger partial charge in [-0.15, -0.1) is 0 Å². The Balaban J connectivity index is 1.63. The first-order chi connectivity index (χ1) is 11.1. The van der Waals surface area contributed by atoms with Crippen LogP contribution in [0.1, 0.15) is 21.7 Å². The average molecular weight is 314 g/mol. The van der Waals surface area contributed by atoms with Gasteiger partial charge in [-0.1, -0.05) is 12.1 Å². The summed E-state index contributed by atoms with van der Waals surface area (Å²) < 4.78 is 10.6. The van der Waals surface area contributed by atoms with Gasteiger partial charge in [0.25, 0.3) is 5.91 Å². The lowest BCUT2D eigenvalue weighted by atomic mass is 10.1. The van der Waals surface area contributed by atoms with Gasteiger partial charge in [-0.25, -0.2) is 0 Å². The number of nitrogens with zero attached hydrogens (tertiary/aromatic N) is 2. The van der Waals surface area contributed by atoms with E-state index in [1.54, 1.807) is 24.3 Å². The normalized spacial score (nSPS) is 14.8. The SMILES string of the molecule is Cc1ccoc1C(=O)N(C)Cc1ccc(N2CCOCC2)cc1. The molecule has 0 atom stereocenters. The van der Waals surface area contributed by atoms with E-state index in [0.717, 1.165) is 37.4 Å². The van der Waals surface area contributed by atoms with Crippen molar-refractivity contribution < 1.29 is 13.9 Å². The number of furan rings is 1. The first-order valence-electron chi connectivity index (χ1n) is 7.86. The standard InChI is InChI=1S/C18H22N2O3/c1-14-7-10-23-17(14)18(21)19(2)13-15-3-5-16(6-4-15)20-8-11-22-12-9-20/h3-7,10H,8-9,11-13H2,1-2H3. The highest BCUT2D eigenvalue weighted by Gasteiger charge is 2.17. The molecule has 1 aromatic heterocycles. The summed E-state index contributed by atoms with van der Waals surface area (Å²) in [6.07, 6.45) is 1.55. The van der Waals surface area contributed by atoms with E-state index < -0.39 is 0 Å². The molecule has 1 saturated heterocycles. The number of morpholine rings is 1. The lowest BCUT2D eigenvalue weighted by Crippen LogP contribution is -2.36. The van der Waals surface area contributed by atoms with Gasteiger partial charge in [0.15, 0.2) is 5.76 Å². The number of hydrogen-bond donors (Lipinski definition) is 0. The zero-order valence-corrected chi connectivity index (χ0v) is 13.6. The maximum Gasteiger partial charge on any atom is 0.289 e. The van der Waals surface area contributed by atoms with Gasteiger partial charge in [-0.2, -0.15) is 0 Å². The highest BCUT2D eigenvalue weighted by Crippen LogP contribution is 2.18. The molecule has 2 aromatic rings. The van der Waals surface area contributed by atoms with Gasteiger partial charge in [-0.05, 0) is 30.7 Å². The minimum atomic E-state index is -0.0928. The smallest absolute Gasteiger partial charge is 0.289 e. The van der Waals surface area contributed by atoms with E-state index in [2.05, 4.69) is 29.2 Å². The number of carbonyl (C=O) groups is 1. The fraction of sp³-hybridized carbons (Fsp3) is 0.389. The molecule has 1 aliphatic rings. The summed E-state index contributed by atoms with van der Waals surface area (Å²) >= 11 is 0. The molecule has 5 heteroatoms. The van der Waals surface area contributed by atoms with Crippen LogP contribution in [0.2, 0.25) is 0 Å². The molecule has 0 aliphatic carbocycles. The molecule has 0 unspecified atom stereocenters. The van der Waals surface area contributed by atoms with Crippen LogP contribution in [-0.2, 0) is 11.3 Å². The zero-order chi connectivity index (χ0) is 16.2. The number of rotatable bonds is 4. The predicted octanol–water partition coefficient (Wildman–Crippen LogP) is 2.70. The predicted molar refractivity (Wildman–Crippen MR) is 88.7 cm³/mol. The van der Waals surface area contributed by atoms with Crippen LogP contribution in [0, 0.1) is 6.92 Å². The second-order valence-corrected chi connectivity index (χ2v) is 5.86. The summed E-state index contributed by atoms with van der Waals surface area (Å²) in [5.41, 5.74) is 3.17. The number of aryl methyl sites for hydroxylation is 1. The Bertz CT molecular complexity index is 657. The molecule has 3 rings (SSSR count). The molecule has 0 radical (unpaired) electrons. The van der Waals surface area contributed by atoms with Crippen molar-refractivity contribution in [2.24, 2.45) is 0 Å². The van der Waals surface area contributed by atoms with Crippen LogP contribution in [0.5, 0.6) is 0 Å². The van der Waals surface area contributed by atoms with E-state index >= 15 is 0 Å². The highest BCUT2D eigenvalue weighted by molar-refractivity contribution is 5.92. The summed E-state index contributed by atoms with van der Waals surface area (Å²) in [4.78, 5) is 16.3. The third-order valence-electron chi connectivity index (χ3n) is 4.14. The van der Waals surface area contributed by atoms with Crippen LogP contribution in [0.25, 0.3) is 0 Å². The number of ether oxygens (including phenoxy) is 1. The second kappa shape index (κ2) is 6.87. The summed E-state index contributed by atoms with van der Waals surface area (Å²) in [7, 11) is 1.79. The Kier molecular flexibility index (Phi) is 4.67. The van der Waals surface area contributed by atoms with Gasteiger partial charge in [0.2, 0.25) is 0 Å². The molecule has 1 fully saturated rings. The topological polar surface area (TPSA) is 45.9 Å². The fourth-order valence-electron chi connectivity index (χ4n) is 2.74. The van der Waals surface area contributed by atoms with Gasteiger partial charge in [0.1, 0.15) is 0 Å². The molecule has 0 saturated carbocycles. The molecular weight excluding hydrogens is 292 g/mol. The lowest BCUT2D eigenvalue weighted by Gasteiger charge is -2.29. The molecule has 23 heavy (non-hydrogen) atoms. The molecule has 0 bridgehead atoms. The van der Waals surface area contributed by atoms with E-state index in [4.69, 9.17) is 9.15 Å². The first kappa shape index (κ1) is 15.6. The van der Waals surface area contributed by atoms with E-state index in [0.29, 0.717) is 12.3 Å². The molecule has 1 aliphatic heterocycles. The van der Waals surface area contributed by atoms with Crippen molar-refractivity contribution in [2.45, 2.75) is 13.5 Å². The summed E-state index contributed by atoms with van der Waals surface area (Å²) in [6, 6.07) is 10.2. The summed E-state index contributed by atoms with van der Waals surface area (Å²) in [6.45, 7) is 5.85. The van der Waals surface area contributed by atoms with Gasteiger partial charge in [0, 0.05) is 37.9 Å². The Hall–Kier alpha value is -2.27. The number of carbonyl (C=O) groups excluding carboxylic acids is 1. The highest BCUT2D eigenvalue weighted by atomic mass is 16.5. The first-order valence-corrected chi connectivity index (χ1v) is 7.86. The zero-order valence-electron chi connectivity index (χ0n) is 13.6. The maximum atomic E-state index is 12.4. The molecule has 0 N–H and O–H groups in total. The van der Waals surface area contributed by atoms with E-state index in [-0.39, 0.29) is 5.91 Å². The largest absolute Gasteiger partial charge is 0.459 e. The molecule has 122 valence electrons. The van der Waals surface area contributed by atoms with E-state index in [1.807, 2.05) is 6.92 Å². The van der Waals surface area contributed by atoms with Crippen LogP contribution in [0.4, 0.5) is 5.69 Å². The second-order valence-electron chi connectivity index (χ2n) is 5.86. The van der Waals surface area contributed by atoms with Gasteiger partial charge in [-0.3, -0.25) is 4.79 Å².